The van der Waals surface area contributed by atoms with E-state index in [9.17, 15) is 0 Å². The van der Waals surface area contributed by atoms with Gasteiger partial charge in [0.05, 0.1) is 6.61 Å². The molecule has 2 heteroatoms. The fraction of sp³-hybridized carbons (Fsp3) is 0.667. The third kappa shape index (κ3) is 2.77. The molecule has 8 heavy (non-hydrogen) atoms. The lowest BCUT2D eigenvalue weighted by Crippen LogP contribution is -2.03. The minimum Gasteiger partial charge on any atom is -0.252 e. The Morgan fingerprint density at radius 1 is 1.88 bits per heavy atom. The maximum atomic E-state index is 7.94. The molecule has 1 N–H and O–H groups in total. The van der Waals surface area contributed by atoms with Crippen molar-refractivity contribution in [3.63, 3.8) is 0 Å². The van der Waals surface area contributed by atoms with Crippen molar-refractivity contribution in [2.45, 2.75) is 13.8 Å². The molecular formula is C6H12O2. The monoisotopic (exact) mass is 116 g/mol. The molecule has 1 atom stereocenters. The van der Waals surface area contributed by atoms with Crippen LogP contribution in [0.4, 0.5) is 0 Å². The van der Waals surface area contributed by atoms with Crippen molar-refractivity contribution in [1.29, 1.82) is 0 Å². The molecule has 0 aliphatic carbocycles. The number of rotatable bonds is 3. The van der Waals surface area contributed by atoms with Crippen LogP contribution < -0.4 is 0 Å². The molecule has 0 aliphatic heterocycles. The molecule has 48 valence electrons. The van der Waals surface area contributed by atoms with Crippen molar-refractivity contribution in [2.75, 3.05) is 6.61 Å². The topological polar surface area (TPSA) is 29.5 Å². The van der Waals surface area contributed by atoms with E-state index >= 15 is 0 Å². The minimum absolute atomic E-state index is 0.250. The summed E-state index contributed by atoms with van der Waals surface area (Å²) in [6.07, 6.45) is 0. The lowest BCUT2D eigenvalue weighted by molar-refractivity contribution is -0.247. The van der Waals surface area contributed by atoms with Crippen LogP contribution in [0.15, 0.2) is 12.2 Å². The van der Waals surface area contributed by atoms with Gasteiger partial charge in [0.2, 0.25) is 0 Å². The van der Waals surface area contributed by atoms with Crippen LogP contribution in [0.5, 0.6) is 0 Å². The van der Waals surface area contributed by atoms with Crippen LogP contribution in [0.25, 0.3) is 0 Å². The highest BCUT2D eigenvalue weighted by Crippen LogP contribution is 2.05. The second kappa shape index (κ2) is 3.64. The summed E-state index contributed by atoms with van der Waals surface area (Å²) in [5.41, 5.74) is 1.03. The van der Waals surface area contributed by atoms with E-state index in [1.807, 2.05) is 13.8 Å². The molecule has 0 spiro atoms. The van der Waals surface area contributed by atoms with Crippen molar-refractivity contribution in [1.82, 2.24) is 0 Å². The van der Waals surface area contributed by atoms with E-state index in [1.165, 1.54) is 0 Å². The lowest BCUT2D eigenvalue weighted by Gasteiger charge is -2.05. The fourth-order valence-electron chi connectivity index (χ4n) is 0.254. The van der Waals surface area contributed by atoms with E-state index in [1.54, 1.807) is 0 Å². The van der Waals surface area contributed by atoms with Gasteiger partial charge >= 0.3 is 0 Å². The molecule has 2 nitrogen and oxygen atoms in total. The Morgan fingerprint density at radius 2 is 2.38 bits per heavy atom. The minimum atomic E-state index is 0.250. The highest BCUT2D eigenvalue weighted by molar-refractivity contribution is 4.93. The standard InChI is InChI=1S/C6H12O2/c1-5(2)6(3)4-8-7/h6-7H,1,4H2,2-3H3. The van der Waals surface area contributed by atoms with Gasteiger partial charge in [0.1, 0.15) is 0 Å². The molecule has 0 heterocycles. The first-order valence-corrected chi connectivity index (χ1v) is 2.60. The van der Waals surface area contributed by atoms with E-state index < -0.39 is 0 Å². The maximum absolute atomic E-state index is 7.94. The van der Waals surface area contributed by atoms with Crippen molar-refractivity contribution in [2.24, 2.45) is 5.92 Å². The summed E-state index contributed by atoms with van der Waals surface area (Å²) < 4.78 is 0. The van der Waals surface area contributed by atoms with Crippen LogP contribution >= 0.6 is 0 Å². The van der Waals surface area contributed by atoms with Gasteiger partial charge < -0.3 is 0 Å². The second-order valence-corrected chi connectivity index (χ2v) is 2.04. The van der Waals surface area contributed by atoms with Gasteiger partial charge in [-0.15, -0.1) is 0 Å². The van der Waals surface area contributed by atoms with Gasteiger partial charge in [-0.2, -0.15) is 0 Å². The third-order valence-corrected chi connectivity index (χ3v) is 1.17. The Bertz CT molecular complexity index is 78.6. The summed E-state index contributed by atoms with van der Waals surface area (Å²) in [4.78, 5) is 3.90. The zero-order chi connectivity index (χ0) is 6.57. The van der Waals surface area contributed by atoms with E-state index in [-0.39, 0.29) is 5.92 Å². The van der Waals surface area contributed by atoms with Crippen molar-refractivity contribution in [3.8, 4) is 0 Å². The lowest BCUT2D eigenvalue weighted by atomic mass is 10.1. The molecule has 0 aromatic heterocycles. The molecule has 1 unspecified atom stereocenters. The first-order valence-electron chi connectivity index (χ1n) is 2.60. The highest BCUT2D eigenvalue weighted by atomic mass is 17.1. The van der Waals surface area contributed by atoms with Gasteiger partial charge in [-0.05, 0) is 6.92 Å². The molecule has 0 radical (unpaired) electrons. The Labute approximate surface area is 49.7 Å². The first kappa shape index (κ1) is 7.66. The number of hydrogen-bond acceptors (Lipinski definition) is 2. The molecule has 0 saturated carbocycles. The van der Waals surface area contributed by atoms with E-state index in [0.717, 1.165) is 5.57 Å². The molecule has 0 fully saturated rings. The van der Waals surface area contributed by atoms with Crippen LogP contribution in [0.2, 0.25) is 0 Å². The van der Waals surface area contributed by atoms with Crippen LogP contribution in [0.1, 0.15) is 13.8 Å². The average Bonchev–Trinajstić information content (AvgIpc) is 1.67. The zero-order valence-corrected chi connectivity index (χ0v) is 5.35. The normalized spacial score (nSPS) is 13.4. The molecule has 0 aromatic carbocycles. The number of hydrogen-bond donors (Lipinski definition) is 1. The van der Waals surface area contributed by atoms with E-state index in [2.05, 4.69) is 11.5 Å². The molecule has 0 aliphatic rings. The van der Waals surface area contributed by atoms with Crippen molar-refractivity contribution >= 4 is 0 Å². The maximum Gasteiger partial charge on any atom is 0.0882 e. The molecule has 0 aromatic rings. The summed E-state index contributed by atoms with van der Waals surface area (Å²) >= 11 is 0. The Kier molecular flexibility index (Phi) is 3.48. The van der Waals surface area contributed by atoms with Gasteiger partial charge in [-0.3, -0.25) is 5.26 Å². The SMILES string of the molecule is C=C(C)C(C)COO. The quantitative estimate of drug-likeness (QED) is 0.345. The van der Waals surface area contributed by atoms with Crippen LogP contribution in [0.3, 0.4) is 0 Å². The largest absolute Gasteiger partial charge is 0.252 e. The predicted octanol–water partition coefficient (Wildman–Crippen LogP) is 1.69. The van der Waals surface area contributed by atoms with Gasteiger partial charge in [0, 0.05) is 5.92 Å². The predicted molar refractivity (Wildman–Crippen MR) is 32.6 cm³/mol. The van der Waals surface area contributed by atoms with Gasteiger partial charge in [-0.1, -0.05) is 19.1 Å². The van der Waals surface area contributed by atoms with E-state index in [4.69, 9.17) is 5.26 Å². The average molecular weight is 116 g/mol. The summed E-state index contributed by atoms with van der Waals surface area (Å²) in [7, 11) is 0. The summed E-state index contributed by atoms with van der Waals surface area (Å²) in [6.45, 7) is 7.87. The highest BCUT2D eigenvalue weighted by Gasteiger charge is 1.99. The second-order valence-electron chi connectivity index (χ2n) is 2.04. The van der Waals surface area contributed by atoms with Gasteiger partial charge in [0.15, 0.2) is 0 Å². The summed E-state index contributed by atoms with van der Waals surface area (Å²) in [6, 6.07) is 0. The fourth-order valence-corrected chi connectivity index (χ4v) is 0.254. The zero-order valence-electron chi connectivity index (χ0n) is 5.35. The molecular weight excluding hydrogens is 104 g/mol. The van der Waals surface area contributed by atoms with Crippen LogP contribution in [-0.2, 0) is 4.89 Å². The Balaban J connectivity index is 3.32. The molecule has 0 bridgehead atoms. The van der Waals surface area contributed by atoms with Crippen LogP contribution in [-0.4, -0.2) is 11.9 Å². The molecule has 0 amide bonds. The summed E-state index contributed by atoms with van der Waals surface area (Å²) in [5.74, 6) is 0.250. The van der Waals surface area contributed by atoms with E-state index in [0.29, 0.717) is 6.61 Å². The van der Waals surface area contributed by atoms with Crippen molar-refractivity contribution in [3.05, 3.63) is 12.2 Å². The summed E-state index contributed by atoms with van der Waals surface area (Å²) in [5, 5.41) is 7.94. The Morgan fingerprint density at radius 3 is 2.50 bits per heavy atom. The molecule has 0 rings (SSSR count). The van der Waals surface area contributed by atoms with Gasteiger partial charge in [-0.25, -0.2) is 4.89 Å². The smallest absolute Gasteiger partial charge is 0.0882 e. The third-order valence-electron chi connectivity index (χ3n) is 1.17. The Hall–Kier alpha value is -0.340. The first-order chi connectivity index (χ1) is 3.68. The molecule has 0 saturated heterocycles. The van der Waals surface area contributed by atoms with Crippen molar-refractivity contribution < 1.29 is 10.1 Å². The van der Waals surface area contributed by atoms with Crippen LogP contribution in [0, 0.1) is 5.92 Å². The van der Waals surface area contributed by atoms with Gasteiger partial charge in [0.25, 0.3) is 0 Å².